The van der Waals surface area contributed by atoms with Crippen molar-refractivity contribution in [1.82, 2.24) is 29.5 Å². The molecule has 196 valence electrons. The molecule has 0 saturated heterocycles. The summed E-state index contributed by atoms with van der Waals surface area (Å²) in [7, 11) is 1.81. The summed E-state index contributed by atoms with van der Waals surface area (Å²) in [5.74, 6) is 6.01. The highest BCUT2D eigenvalue weighted by Crippen LogP contribution is 2.30. The van der Waals surface area contributed by atoms with Crippen molar-refractivity contribution in [3.05, 3.63) is 112 Å². The first-order valence-electron chi connectivity index (χ1n) is 12.4. The second-order valence-corrected chi connectivity index (χ2v) is 9.23. The number of nitrogens with two attached hydrogens (primary N) is 1. The molecule has 0 radical (unpaired) electrons. The molecule has 0 bridgehead atoms. The van der Waals surface area contributed by atoms with E-state index in [0.717, 1.165) is 5.56 Å². The summed E-state index contributed by atoms with van der Waals surface area (Å²) in [5.41, 5.74) is 8.90. The van der Waals surface area contributed by atoms with Crippen LogP contribution in [0.15, 0.2) is 88.9 Å². The van der Waals surface area contributed by atoms with Crippen LogP contribution in [0.3, 0.4) is 0 Å². The zero-order chi connectivity index (χ0) is 27.8. The molecular weight excluding hydrogens is 506 g/mol. The maximum absolute atomic E-state index is 14.1. The average molecular weight is 530 g/mol. The zero-order valence-corrected chi connectivity index (χ0v) is 21.6. The number of aromatic nitrogens is 5. The Morgan fingerprint density at radius 1 is 1.10 bits per heavy atom. The molecule has 0 spiro atoms. The number of hydrogen-bond acceptors (Lipinski definition) is 7. The van der Waals surface area contributed by atoms with E-state index in [1.165, 1.54) is 6.33 Å². The average Bonchev–Trinajstić information content (AvgIpc) is 3.60. The van der Waals surface area contributed by atoms with E-state index in [2.05, 4.69) is 32.2 Å². The number of imidazole rings is 1. The third kappa shape index (κ3) is 4.35. The second-order valence-electron chi connectivity index (χ2n) is 9.23. The molecule has 10 heteroatoms. The lowest BCUT2D eigenvalue weighted by atomic mass is 9.97. The van der Waals surface area contributed by atoms with Crippen LogP contribution in [-0.2, 0) is 7.05 Å². The Balaban J connectivity index is 1.48. The zero-order valence-electron chi connectivity index (χ0n) is 21.6. The molecule has 1 amide bonds. The molecule has 6 rings (SSSR count). The van der Waals surface area contributed by atoms with E-state index in [4.69, 9.17) is 10.2 Å². The van der Waals surface area contributed by atoms with Crippen molar-refractivity contribution in [2.45, 2.75) is 13.0 Å². The minimum Gasteiger partial charge on any atom is -0.458 e. The number of nitrogens with one attached hydrogen (secondary N) is 1. The molecular formula is C30H23N7O3. The van der Waals surface area contributed by atoms with E-state index in [-0.39, 0.29) is 16.8 Å². The lowest BCUT2D eigenvalue weighted by Crippen LogP contribution is -2.29. The summed E-state index contributed by atoms with van der Waals surface area (Å²) >= 11 is 0. The van der Waals surface area contributed by atoms with Gasteiger partial charge in [0.2, 0.25) is 5.43 Å². The van der Waals surface area contributed by atoms with Crippen LogP contribution in [0.5, 0.6) is 0 Å². The van der Waals surface area contributed by atoms with Gasteiger partial charge in [0.25, 0.3) is 5.91 Å². The Morgan fingerprint density at radius 3 is 2.70 bits per heavy atom. The van der Waals surface area contributed by atoms with Gasteiger partial charge in [0.05, 0.1) is 28.8 Å². The standard InChI is InChI=1S/C30H23N7O3/c1-18(35-30(39)25-28(31)33-17-37-14-13-32-29(25)37)27-24(20-7-4-3-5-8-20)26(38)23-21(9-6-10-22(23)40-27)12-11-19-15-34-36(2)16-19/h3-10,13-18H,31H2,1-2H3,(H,35,39). The molecule has 0 aliphatic rings. The fourth-order valence-corrected chi connectivity index (χ4v) is 4.62. The summed E-state index contributed by atoms with van der Waals surface area (Å²) in [4.78, 5) is 35.9. The Labute approximate surface area is 228 Å². The van der Waals surface area contributed by atoms with E-state index in [1.807, 2.05) is 37.4 Å². The number of nitrogens with zero attached hydrogens (tertiary/aromatic N) is 5. The predicted molar refractivity (Wildman–Crippen MR) is 150 cm³/mol. The molecule has 4 aromatic heterocycles. The maximum atomic E-state index is 14.1. The van der Waals surface area contributed by atoms with Crippen LogP contribution in [0.25, 0.3) is 27.7 Å². The number of carbonyl (C=O) groups excluding carboxylic acids is 1. The molecule has 1 atom stereocenters. The molecule has 1 unspecified atom stereocenters. The third-order valence-corrected chi connectivity index (χ3v) is 6.49. The summed E-state index contributed by atoms with van der Waals surface area (Å²) in [5, 5.41) is 7.42. The first kappa shape index (κ1) is 24.6. The molecule has 6 aromatic rings. The van der Waals surface area contributed by atoms with Gasteiger partial charge < -0.3 is 15.5 Å². The quantitative estimate of drug-likeness (QED) is 0.333. The number of benzene rings is 2. The van der Waals surface area contributed by atoms with Crippen LogP contribution < -0.4 is 16.5 Å². The summed E-state index contributed by atoms with van der Waals surface area (Å²) < 4.78 is 9.63. The van der Waals surface area contributed by atoms with Crippen LogP contribution in [0.1, 0.15) is 40.2 Å². The van der Waals surface area contributed by atoms with Gasteiger partial charge in [-0.3, -0.25) is 18.7 Å². The number of carbonyl (C=O) groups is 1. The summed E-state index contributed by atoms with van der Waals surface area (Å²) in [6.07, 6.45) is 8.17. The number of anilines is 1. The highest BCUT2D eigenvalue weighted by atomic mass is 16.3. The Morgan fingerprint density at radius 2 is 1.93 bits per heavy atom. The van der Waals surface area contributed by atoms with Gasteiger partial charge in [0, 0.05) is 31.2 Å². The van der Waals surface area contributed by atoms with Gasteiger partial charge in [-0.2, -0.15) is 5.10 Å². The lowest BCUT2D eigenvalue weighted by molar-refractivity contribution is 0.0937. The van der Waals surface area contributed by atoms with E-state index in [9.17, 15) is 9.59 Å². The number of nitrogen functional groups attached to an aromatic ring is 1. The SMILES string of the molecule is CC(NC(=O)c1c(N)ncn2ccnc12)c1oc2cccc(C#Cc3cnn(C)c3)c2c(=O)c1-c1ccccc1. The molecule has 2 aromatic carbocycles. The fourth-order valence-electron chi connectivity index (χ4n) is 4.62. The minimum atomic E-state index is -0.709. The van der Waals surface area contributed by atoms with Crippen LogP contribution in [0, 0.1) is 11.8 Å². The third-order valence-electron chi connectivity index (χ3n) is 6.49. The predicted octanol–water partition coefficient (Wildman–Crippen LogP) is 3.71. The van der Waals surface area contributed by atoms with Gasteiger partial charge in [0.1, 0.15) is 29.1 Å². The lowest BCUT2D eigenvalue weighted by Gasteiger charge is -2.18. The maximum Gasteiger partial charge on any atom is 0.259 e. The van der Waals surface area contributed by atoms with E-state index in [1.54, 1.807) is 59.0 Å². The smallest absolute Gasteiger partial charge is 0.259 e. The van der Waals surface area contributed by atoms with E-state index < -0.39 is 11.9 Å². The van der Waals surface area contributed by atoms with Crippen molar-refractivity contribution < 1.29 is 9.21 Å². The van der Waals surface area contributed by atoms with Gasteiger partial charge in [-0.25, -0.2) is 9.97 Å². The molecule has 3 N–H and O–H groups in total. The fraction of sp³-hybridized carbons (Fsp3) is 0.100. The van der Waals surface area contributed by atoms with Gasteiger partial charge in [-0.1, -0.05) is 48.2 Å². The van der Waals surface area contributed by atoms with Crippen molar-refractivity contribution in [2.24, 2.45) is 7.05 Å². The number of fused-ring (bicyclic) bond motifs is 2. The van der Waals surface area contributed by atoms with Crippen LogP contribution in [0.2, 0.25) is 0 Å². The van der Waals surface area contributed by atoms with Gasteiger partial charge in [-0.15, -0.1) is 0 Å². The van der Waals surface area contributed by atoms with Gasteiger partial charge in [-0.05, 0) is 24.6 Å². The molecule has 40 heavy (non-hydrogen) atoms. The van der Waals surface area contributed by atoms with Crippen LogP contribution in [0.4, 0.5) is 5.82 Å². The largest absolute Gasteiger partial charge is 0.458 e. The van der Waals surface area contributed by atoms with E-state index >= 15 is 0 Å². The summed E-state index contributed by atoms with van der Waals surface area (Å²) in [6, 6.07) is 13.8. The topological polar surface area (TPSA) is 133 Å². The van der Waals surface area contributed by atoms with Crippen molar-refractivity contribution in [3.8, 4) is 23.0 Å². The first-order valence-corrected chi connectivity index (χ1v) is 12.4. The number of aryl methyl sites for hydroxylation is 1. The number of hydrogen-bond donors (Lipinski definition) is 2. The summed E-state index contributed by atoms with van der Waals surface area (Å²) in [6.45, 7) is 1.75. The van der Waals surface area contributed by atoms with Crippen molar-refractivity contribution in [1.29, 1.82) is 0 Å². The van der Waals surface area contributed by atoms with Crippen LogP contribution >= 0.6 is 0 Å². The number of amides is 1. The van der Waals surface area contributed by atoms with Crippen LogP contribution in [-0.4, -0.2) is 30.1 Å². The normalized spacial score (nSPS) is 11.8. The first-order chi connectivity index (χ1) is 19.4. The van der Waals surface area contributed by atoms with Crippen molar-refractivity contribution >= 4 is 28.3 Å². The Hall–Kier alpha value is -5.69. The minimum absolute atomic E-state index is 0.0449. The number of rotatable bonds is 4. The molecule has 0 saturated carbocycles. The molecule has 0 aliphatic heterocycles. The Kier molecular flexibility index (Phi) is 6.09. The molecule has 0 fully saturated rings. The second kappa shape index (κ2) is 9.89. The van der Waals surface area contributed by atoms with E-state index in [0.29, 0.717) is 39.1 Å². The molecule has 4 heterocycles. The van der Waals surface area contributed by atoms with Crippen molar-refractivity contribution in [2.75, 3.05) is 5.73 Å². The molecule has 0 aliphatic carbocycles. The highest BCUT2D eigenvalue weighted by molar-refractivity contribution is 6.04. The van der Waals surface area contributed by atoms with Crippen molar-refractivity contribution in [3.63, 3.8) is 0 Å². The molecule has 10 nitrogen and oxygen atoms in total. The highest BCUT2D eigenvalue weighted by Gasteiger charge is 2.25. The van der Waals surface area contributed by atoms with Gasteiger partial charge >= 0.3 is 0 Å². The monoisotopic (exact) mass is 529 g/mol. The van der Waals surface area contributed by atoms with Gasteiger partial charge in [0.15, 0.2) is 5.65 Å². The Bertz CT molecular complexity index is 2030.